The van der Waals surface area contributed by atoms with Gasteiger partial charge in [0.1, 0.15) is 6.04 Å². The van der Waals surface area contributed by atoms with Gasteiger partial charge < -0.3 is 23.1 Å². The van der Waals surface area contributed by atoms with E-state index in [2.05, 4.69) is 17.4 Å². The summed E-state index contributed by atoms with van der Waals surface area (Å²) in [4.78, 5) is 10.5. The average molecular weight is 297 g/mol. The molecule has 0 aromatic rings. The fourth-order valence-electron chi connectivity index (χ4n) is 0.396. The molecule has 1 radical (unpaired) electrons. The Morgan fingerprint density at radius 3 is 1.93 bits per heavy atom. The van der Waals surface area contributed by atoms with Gasteiger partial charge >= 0.3 is 5.97 Å². The third kappa shape index (κ3) is 18.6. The molecular formula is C9H22NO2SY-. The van der Waals surface area contributed by atoms with Gasteiger partial charge in [0.05, 0.1) is 7.11 Å². The van der Waals surface area contributed by atoms with E-state index in [1.54, 1.807) is 0 Å². The van der Waals surface area contributed by atoms with E-state index in [4.69, 9.17) is 5.73 Å². The minimum absolute atomic E-state index is 0. The molecule has 0 heterocycles. The third-order valence-corrected chi connectivity index (χ3v) is 1.17. The Morgan fingerprint density at radius 2 is 1.71 bits per heavy atom. The molecule has 0 aromatic carbocycles. The van der Waals surface area contributed by atoms with E-state index in [1.807, 2.05) is 27.7 Å². The van der Waals surface area contributed by atoms with Gasteiger partial charge in [-0.3, -0.25) is 4.79 Å². The van der Waals surface area contributed by atoms with Crippen LogP contribution in [-0.2, 0) is 54.9 Å². The van der Waals surface area contributed by atoms with E-state index >= 15 is 0 Å². The van der Waals surface area contributed by atoms with E-state index in [1.165, 1.54) is 7.11 Å². The SMILES string of the molecule is CC.CC.COC(=O)C(N)CC[S-].[Y]. The second kappa shape index (κ2) is 23.6. The maximum Gasteiger partial charge on any atom is 0.322 e. The zero-order valence-electron chi connectivity index (χ0n) is 9.87. The summed E-state index contributed by atoms with van der Waals surface area (Å²) in [7, 11) is 1.31. The molecule has 0 bridgehead atoms. The summed E-state index contributed by atoms with van der Waals surface area (Å²) in [5.74, 6) is 0.107. The summed E-state index contributed by atoms with van der Waals surface area (Å²) < 4.78 is 4.35. The molecule has 0 saturated carbocycles. The van der Waals surface area contributed by atoms with Crippen LogP contribution in [0.5, 0.6) is 0 Å². The van der Waals surface area contributed by atoms with Crippen molar-refractivity contribution in [2.24, 2.45) is 5.73 Å². The Kier molecular flexibility index (Phi) is 40.8. The molecule has 2 N–H and O–H groups in total. The molecule has 0 saturated heterocycles. The smallest absolute Gasteiger partial charge is 0.322 e. The first-order chi connectivity index (χ1) is 6.22. The van der Waals surface area contributed by atoms with Crippen molar-refractivity contribution in [3.8, 4) is 0 Å². The van der Waals surface area contributed by atoms with Crippen molar-refractivity contribution in [3.05, 3.63) is 0 Å². The molecule has 0 aliphatic rings. The van der Waals surface area contributed by atoms with Crippen molar-refractivity contribution in [1.29, 1.82) is 0 Å². The maximum absolute atomic E-state index is 10.5. The van der Waals surface area contributed by atoms with Crippen molar-refractivity contribution < 1.29 is 42.2 Å². The van der Waals surface area contributed by atoms with Gasteiger partial charge in [-0.1, -0.05) is 27.7 Å². The van der Waals surface area contributed by atoms with Crippen molar-refractivity contribution in [1.82, 2.24) is 0 Å². The Morgan fingerprint density at radius 1 is 1.36 bits per heavy atom. The van der Waals surface area contributed by atoms with Crippen LogP contribution in [0.4, 0.5) is 0 Å². The van der Waals surface area contributed by atoms with Gasteiger partial charge in [-0.15, -0.1) is 0 Å². The number of rotatable bonds is 3. The molecule has 0 spiro atoms. The molecule has 0 fully saturated rings. The van der Waals surface area contributed by atoms with E-state index in [0.29, 0.717) is 12.2 Å². The quantitative estimate of drug-likeness (QED) is 0.633. The van der Waals surface area contributed by atoms with E-state index in [9.17, 15) is 4.79 Å². The molecule has 0 rings (SSSR count). The van der Waals surface area contributed by atoms with Crippen molar-refractivity contribution in [2.75, 3.05) is 12.9 Å². The summed E-state index contributed by atoms with van der Waals surface area (Å²) in [5, 5.41) is 0. The number of carbonyl (C=O) groups is 1. The summed E-state index contributed by atoms with van der Waals surface area (Å²) in [6.07, 6.45) is 0.516. The molecule has 85 valence electrons. The number of hydrogen-bond donors (Lipinski definition) is 1. The van der Waals surface area contributed by atoms with Gasteiger partial charge in [0.25, 0.3) is 0 Å². The number of methoxy groups -OCH3 is 1. The van der Waals surface area contributed by atoms with Crippen molar-refractivity contribution in [2.45, 2.75) is 40.2 Å². The Labute approximate surface area is 119 Å². The largest absolute Gasteiger partial charge is 0.793 e. The Bertz CT molecular complexity index is 105. The summed E-state index contributed by atoms with van der Waals surface area (Å²) >= 11 is 4.61. The molecule has 0 aliphatic heterocycles. The van der Waals surface area contributed by atoms with Gasteiger partial charge in [-0.2, -0.15) is 5.75 Å². The minimum Gasteiger partial charge on any atom is -0.793 e. The van der Waals surface area contributed by atoms with Crippen LogP contribution in [0.1, 0.15) is 34.1 Å². The molecular weight excluding hydrogens is 275 g/mol. The molecule has 0 aliphatic carbocycles. The average Bonchev–Trinajstić information content (AvgIpc) is 2.23. The fourth-order valence-corrected chi connectivity index (χ4v) is 0.650. The van der Waals surface area contributed by atoms with Gasteiger partial charge in [0, 0.05) is 32.7 Å². The number of hydrogen-bond acceptors (Lipinski definition) is 4. The van der Waals surface area contributed by atoms with Crippen LogP contribution in [0.3, 0.4) is 0 Å². The van der Waals surface area contributed by atoms with Crippen LogP contribution >= 0.6 is 0 Å². The van der Waals surface area contributed by atoms with Crippen LogP contribution in [0.25, 0.3) is 0 Å². The fraction of sp³-hybridized carbons (Fsp3) is 0.889. The standard InChI is InChI=1S/C5H11NO2S.2C2H6.Y/c1-8-5(7)4(6)2-3-9;2*1-2;/h4,9H,2-3,6H2,1H3;2*1-2H3;/p-1. The number of nitrogens with two attached hydrogens (primary N) is 1. The molecule has 1 unspecified atom stereocenters. The second-order valence-corrected chi connectivity index (χ2v) is 2.03. The van der Waals surface area contributed by atoms with E-state index in [0.717, 1.165) is 0 Å². The zero-order chi connectivity index (χ0) is 11.3. The monoisotopic (exact) mass is 297 g/mol. The minimum atomic E-state index is -0.535. The normalized spacial score (nSPS) is 9.07. The topological polar surface area (TPSA) is 52.3 Å². The predicted molar refractivity (Wildman–Crippen MR) is 59.5 cm³/mol. The van der Waals surface area contributed by atoms with Crippen LogP contribution in [0, 0.1) is 0 Å². The molecule has 3 nitrogen and oxygen atoms in total. The van der Waals surface area contributed by atoms with Crippen molar-refractivity contribution >= 4 is 18.6 Å². The first-order valence-electron chi connectivity index (χ1n) is 4.64. The van der Waals surface area contributed by atoms with Gasteiger partial charge in [-0.25, -0.2) is 0 Å². The van der Waals surface area contributed by atoms with Crippen LogP contribution in [0.2, 0.25) is 0 Å². The molecule has 0 aromatic heterocycles. The van der Waals surface area contributed by atoms with Gasteiger partial charge in [0.15, 0.2) is 0 Å². The number of ether oxygens (including phenoxy) is 1. The summed E-state index contributed by atoms with van der Waals surface area (Å²) in [5.41, 5.74) is 5.30. The first kappa shape index (κ1) is 24.2. The van der Waals surface area contributed by atoms with Gasteiger partial charge in [-0.05, 0) is 6.42 Å². The number of carbonyl (C=O) groups excluding carboxylic acids is 1. The van der Waals surface area contributed by atoms with E-state index < -0.39 is 6.04 Å². The molecule has 0 amide bonds. The van der Waals surface area contributed by atoms with Crippen LogP contribution < -0.4 is 5.73 Å². The number of esters is 1. The second-order valence-electron chi connectivity index (χ2n) is 1.62. The third-order valence-electron chi connectivity index (χ3n) is 0.933. The van der Waals surface area contributed by atoms with Gasteiger partial charge in [0.2, 0.25) is 0 Å². The predicted octanol–water partition coefficient (Wildman–Crippen LogP) is 1.47. The maximum atomic E-state index is 10.5. The zero-order valence-corrected chi connectivity index (χ0v) is 13.5. The molecule has 1 atom stereocenters. The molecule has 14 heavy (non-hydrogen) atoms. The Hall–Kier alpha value is 0.884. The van der Waals surface area contributed by atoms with Crippen LogP contribution in [0.15, 0.2) is 0 Å². The van der Waals surface area contributed by atoms with E-state index in [-0.39, 0.29) is 38.7 Å². The molecule has 5 heteroatoms. The Balaban J connectivity index is -0.0000000883. The van der Waals surface area contributed by atoms with Crippen molar-refractivity contribution in [3.63, 3.8) is 0 Å². The summed E-state index contributed by atoms with van der Waals surface area (Å²) in [6, 6.07) is -0.535. The van der Waals surface area contributed by atoms with Crippen LogP contribution in [-0.4, -0.2) is 24.9 Å². The summed E-state index contributed by atoms with van der Waals surface area (Å²) in [6.45, 7) is 8.00. The first-order valence-corrected chi connectivity index (χ1v) is 5.21.